The van der Waals surface area contributed by atoms with Crippen molar-refractivity contribution in [3.05, 3.63) is 5.21 Å². The number of fused-ring (bicyclic) bond motifs is 1. The van der Waals surface area contributed by atoms with Gasteiger partial charge in [0.1, 0.15) is 0 Å². The van der Waals surface area contributed by atoms with Gasteiger partial charge < -0.3 is 10.1 Å². The zero-order valence-electron chi connectivity index (χ0n) is 13.2. The molecule has 1 aliphatic carbocycles. The lowest BCUT2D eigenvalue weighted by Crippen LogP contribution is -2.50. The predicted molar refractivity (Wildman–Crippen MR) is 83.0 cm³/mol. The summed E-state index contributed by atoms with van der Waals surface area (Å²) in [5.41, 5.74) is 1.21. The van der Waals surface area contributed by atoms with E-state index in [2.05, 4.69) is 18.9 Å². The SMILES string of the molecule is C[C@H]1C[C@@H](CC2=[N+]([O-])CCCC2)[C@H]2CCCN(C)[C@H]2C1. The van der Waals surface area contributed by atoms with E-state index < -0.39 is 0 Å². The third-order valence-electron chi connectivity index (χ3n) is 5.99. The molecule has 2 heterocycles. The average Bonchev–Trinajstić information content (AvgIpc) is 2.42. The van der Waals surface area contributed by atoms with E-state index >= 15 is 0 Å². The lowest BCUT2D eigenvalue weighted by Gasteiger charge is -2.48. The summed E-state index contributed by atoms with van der Waals surface area (Å²) in [5, 5.41) is 12.0. The third kappa shape index (κ3) is 2.88. The molecule has 4 atom stereocenters. The first kappa shape index (κ1) is 14.4. The second-order valence-corrected chi connectivity index (χ2v) is 7.52. The number of hydroxylamine groups is 1. The Morgan fingerprint density at radius 3 is 2.90 bits per heavy atom. The highest BCUT2D eigenvalue weighted by atomic mass is 16.5. The quantitative estimate of drug-likeness (QED) is 0.573. The Balaban J connectivity index is 1.73. The molecule has 114 valence electrons. The minimum absolute atomic E-state index is 0.742. The minimum Gasteiger partial charge on any atom is -0.624 e. The summed E-state index contributed by atoms with van der Waals surface area (Å²) in [7, 11) is 2.31. The zero-order valence-corrected chi connectivity index (χ0v) is 13.2. The Kier molecular flexibility index (Phi) is 4.34. The topological polar surface area (TPSA) is 29.3 Å². The van der Waals surface area contributed by atoms with Gasteiger partial charge in [0.2, 0.25) is 0 Å². The molecule has 1 saturated heterocycles. The monoisotopic (exact) mass is 278 g/mol. The molecule has 0 aromatic carbocycles. The summed E-state index contributed by atoms with van der Waals surface area (Å²) in [6.45, 7) is 4.42. The molecule has 0 aromatic heterocycles. The van der Waals surface area contributed by atoms with Crippen LogP contribution in [-0.4, -0.2) is 41.5 Å². The van der Waals surface area contributed by atoms with Crippen molar-refractivity contribution in [2.75, 3.05) is 20.1 Å². The number of hydrogen-bond donors (Lipinski definition) is 0. The van der Waals surface area contributed by atoms with Crippen LogP contribution in [0.5, 0.6) is 0 Å². The number of nitrogens with zero attached hydrogens (tertiary/aromatic N) is 2. The Bertz CT molecular complexity index is 379. The minimum atomic E-state index is 0.742. The Labute approximate surface area is 123 Å². The molecular weight excluding hydrogens is 248 g/mol. The van der Waals surface area contributed by atoms with Crippen molar-refractivity contribution in [2.45, 2.75) is 64.3 Å². The summed E-state index contributed by atoms with van der Waals surface area (Å²) in [6.07, 6.45) is 9.90. The number of rotatable bonds is 2. The van der Waals surface area contributed by atoms with E-state index in [-0.39, 0.29) is 0 Å². The first-order chi connectivity index (χ1) is 9.65. The van der Waals surface area contributed by atoms with Crippen molar-refractivity contribution >= 4 is 5.71 Å². The molecular formula is C17H30N2O. The van der Waals surface area contributed by atoms with Gasteiger partial charge in [-0.15, -0.1) is 0 Å². The molecule has 0 bridgehead atoms. The molecule has 3 heteroatoms. The molecule has 2 aliphatic heterocycles. The zero-order chi connectivity index (χ0) is 14.1. The maximum absolute atomic E-state index is 12.0. The average molecular weight is 278 g/mol. The van der Waals surface area contributed by atoms with Crippen LogP contribution in [0.15, 0.2) is 0 Å². The molecule has 0 N–H and O–H groups in total. The van der Waals surface area contributed by atoms with Gasteiger partial charge in [-0.3, -0.25) is 0 Å². The first-order valence-corrected chi connectivity index (χ1v) is 8.64. The first-order valence-electron chi connectivity index (χ1n) is 8.64. The van der Waals surface area contributed by atoms with Crippen molar-refractivity contribution in [3.8, 4) is 0 Å². The molecule has 0 amide bonds. The predicted octanol–water partition coefficient (Wildman–Crippen LogP) is 3.27. The summed E-state index contributed by atoms with van der Waals surface area (Å²) in [5.74, 6) is 2.43. The highest BCUT2D eigenvalue weighted by Gasteiger charge is 2.41. The van der Waals surface area contributed by atoms with Crippen LogP contribution in [0, 0.1) is 23.0 Å². The van der Waals surface area contributed by atoms with Crippen LogP contribution >= 0.6 is 0 Å². The van der Waals surface area contributed by atoms with Gasteiger partial charge >= 0.3 is 0 Å². The fraction of sp³-hybridized carbons (Fsp3) is 0.941. The summed E-state index contributed by atoms with van der Waals surface area (Å²) < 4.78 is 1.32. The van der Waals surface area contributed by atoms with E-state index in [0.29, 0.717) is 0 Å². The maximum Gasteiger partial charge on any atom is 0.163 e. The molecule has 0 unspecified atom stereocenters. The second kappa shape index (κ2) is 6.05. The molecule has 0 radical (unpaired) electrons. The maximum atomic E-state index is 12.0. The number of piperidine rings is 1. The lowest BCUT2D eigenvalue weighted by atomic mass is 9.66. The smallest absolute Gasteiger partial charge is 0.163 e. The lowest BCUT2D eigenvalue weighted by molar-refractivity contribution is -0.465. The fourth-order valence-corrected chi connectivity index (χ4v) is 4.97. The molecule has 1 saturated carbocycles. The van der Waals surface area contributed by atoms with Crippen molar-refractivity contribution in [1.29, 1.82) is 0 Å². The third-order valence-corrected chi connectivity index (χ3v) is 5.99. The van der Waals surface area contributed by atoms with E-state index in [1.54, 1.807) is 0 Å². The van der Waals surface area contributed by atoms with Crippen LogP contribution in [0.2, 0.25) is 0 Å². The van der Waals surface area contributed by atoms with E-state index in [4.69, 9.17) is 0 Å². The van der Waals surface area contributed by atoms with Gasteiger partial charge in [0, 0.05) is 25.3 Å². The number of hydrogen-bond acceptors (Lipinski definition) is 2. The van der Waals surface area contributed by atoms with Gasteiger partial charge in [-0.25, -0.2) is 4.74 Å². The van der Waals surface area contributed by atoms with Gasteiger partial charge in [0.15, 0.2) is 12.3 Å². The largest absolute Gasteiger partial charge is 0.624 e. The normalized spacial score (nSPS) is 39.7. The standard InChI is InChI=1S/C17H30N2O/c1-13-10-14(12-15-6-3-4-9-19(15)20)16-7-5-8-18(2)17(16)11-13/h13-14,16-17H,3-12H2,1-2H3/t13-,14-,16+,17-/m0/s1. The molecule has 20 heavy (non-hydrogen) atoms. The summed E-state index contributed by atoms with van der Waals surface area (Å²) in [6, 6.07) is 0.779. The Morgan fingerprint density at radius 2 is 2.10 bits per heavy atom. The van der Waals surface area contributed by atoms with Gasteiger partial charge in [-0.2, -0.15) is 0 Å². The van der Waals surface area contributed by atoms with Gasteiger partial charge in [0.25, 0.3) is 0 Å². The van der Waals surface area contributed by atoms with Gasteiger partial charge in [0.05, 0.1) is 0 Å². The highest BCUT2D eigenvalue weighted by molar-refractivity contribution is 5.80. The van der Waals surface area contributed by atoms with Crippen molar-refractivity contribution in [2.24, 2.45) is 17.8 Å². The molecule has 0 spiro atoms. The van der Waals surface area contributed by atoms with E-state index in [9.17, 15) is 5.21 Å². The highest BCUT2D eigenvalue weighted by Crippen LogP contribution is 2.43. The molecule has 2 fully saturated rings. The van der Waals surface area contributed by atoms with Crippen LogP contribution in [0.25, 0.3) is 0 Å². The Morgan fingerprint density at radius 1 is 1.25 bits per heavy atom. The van der Waals surface area contributed by atoms with Crippen molar-refractivity contribution < 1.29 is 4.74 Å². The molecule has 3 rings (SSSR count). The molecule has 0 aromatic rings. The fourth-order valence-electron chi connectivity index (χ4n) is 4.97. The second-order valence-electron chi connectivity index (χ2n) is 7.52. The van der Waals surface area contributed by atoms with E-state index in [0.717, 1.165) is 49.6 Å². The Hall–Kier alpha value is -0.570. The van der Waals surface area contributed by atoms with E-state index in [1.165, 1.54) is 49.1 Å². The van der Waals surface area contributed by atoms with Crippen molar-refractivity contribution in [3.63, 3.8) is 0 Å². The van der Waals surface area contributed by atoms with Crippen LogP contribution < -0.4 is 0 Å². The van der Waals surface area contributed by atoms with Crippen LogP contribution in [0.3, 0.4) is 0 Å². The van der Waals surface area contributed by atoms with Crippen LogP contribution in [0.1, 0.15) is 58.3 Å². The van der Waals surface area contributed by atoms with Gasteiger partial charge in [-0.1, -0.05) is 6.92 Å². The summed E-state index contributed by atoms with van der Waals surface area (Å²) >= 11 is 0. The van der Waals surface area contributed by atoms with E-state index in [1.807, 2.05) is 0 Å². The molecule has 3 nitrogen and oxygen atoms in total. The molecule has 3 aliphatic rings. The van der Waals surface area contributed by atoms with Crippen LogP contribution in [0.4, 0.5) is 0 Å². The van der Waals surface area contributed by atoms with Crippen molar-refractivity contribution in [1.82, 2.24) is 4.90 Å². The summed E-state index contributed by atoms with van der Waals surface area (Å²) in [4.78, 5) is 2.59. The number of likely N-dealkylation sites (tertiary alicyclic amines) is 1. The van der Waals surface area contributed by atoms with Crippen LogP contribution in [-0.2, 0) is 0 Å². The van der Waals surface area contributed by atoms with Gasteiger partial charge in [-0.05, 0) is 63.5 Å².